The Kier molecular flexibility index (Phi) is 45.2. The molecule has 11 aromatic rings. The summed E-state index contributed by atoms with van der Waals surface area (Å²) in [5.74, 6) is -2.52. The van der Waals surface area contributed by atoms with E-state index in [0.29, 0.717) is 196 Å². The summed E-state index contributed by atoms with van der Waals surface area (Å²) in [5, 5.41) is 16.7. The number of hydrogen-bond acceptors (Lipinski definition) is 30. The van der Waals surface area contributed by atoms with Crippen LogP contribution >= 0.6 is 11.3 Å². The smallest absolute Gasteiger partial charge is 0.338 e. The zero-order valence-corrected chi connectivity index (χ0v) is 84.1. The van der Waals surface area contributed by atoms with E-state index in [1.807, 2.05) is 121 Å². The number of anilines is 2. The Morgan fingerprint density at radius 3 is 1.28 bits per heavy atom. The van der Waals surface area contributed by atoms with Crippen molar-refractivity contribution >= 4 is 122 Å². The fourth-order valence-corrected chi connectivity index (χ4v) is 16.9. The average Bonchev–Trinajstić information content (AvgIpc) is 1.53. The molecule has 1 aromatic heterocycles. The number of esters is 10. The van der Waals surface area contributed by atoms with Crippen molar-refractivity contribution < 1.29 is 119 Å². The highest BCUT2D eigenvalue weighted by Crippen LogP contribution is 2.37. The molecule has 1 heterocycles. The molecule has 13 rings (SSSR count). The minimum Gasteiger partial charge on any atom is -0.494 e. The van der Waals surface area contributed by atoms with Crippen LogP contribution in [0.4, 0.5) is 10.8 Å². The molecule has 1 N–H and O–H groups in total. The molecular formula is C118H123N5O25S. The van der Waals surface area contributed by atoms with Gasteiger partial charge in [-0.25, -0.2) is 33.8 Å². The van der Waals surface area contributed by atoms with Gasteiger partial charge in [0.2, 0.25) is 5.13 Å². The molecule has 2 fully saturated rings. The van der Waals surface area contributed by atoms with Crippen molar-refractivity contribution in [3.63, 3.8) is 0 Å². The van der Waals surface area contributed by atoms with E-state index in [0.717, 1.165) is 131 Å². The average molecular weight is 2040 g/mol. The first-order chi connectivity index (χ1) is 72.7. The van der Waals surface area contributed by atoms with E-state index in [1.165, 1.54) is 16.3 Å². The summed E-state index contributed by atoms with van der Waals surface area (Å²) < 4.78 is 77.4. The maximum absolute atomic E-state index is 13.7. The molecule has 0 atom stereocenters. The second-order valence-corrected chi connectivity index (χ2v) is 35.8. The lowest BCUT2D eigenvalue weighted by Gasteiger charge is -2.26. The Balaban J connectivity index is 0.000000268. The molecule has 149 heavy (non-hydrogen) atoms. The molecule has 0 unspecified atom stereocenters. The van der Waals surface area contributed by atoms with Crippen molar-refractivity contribution in [2.24, 2.45) is 33.9 Å². The summed E-state index contributed by atoms with van der Waals surface area (Å²) in [6.45, 7) is 20.3. The number of hydrogen-bond donors (Lipinski definition) is 1. The van der Waals surface area contributed by atoms with E-state index in [4.69, 9.17) is 71.3 Å². The number of nitrogens with one attached hydrogen (secondary N) is 1. The first kappa shape index (κ1) is 111. The SMILES string of the molecule is C=CC(=O)OCCCCCCOc1ccc(OC(=O)C2CCC(C(=O)OCCc3ccc(OC(=O)C4CCC(C(=O)Oc5ccc(OCCCCCCOC(=O)C=C)cc5)CC4)c(/C=N/Nc4cccc5ccccc45)c3)CC2)cc1.C=CC(=O)OCCCOc1ccc(C(=O)OCCc2ccc(CCOC(=O)c3ccc(OCCCOC(=O)C=C)cc3)c(/C=N/N(C(=O)C=C)c3nc(-c4ccc5ccccc5c4)cs3)c2)cc1. The maximum Gasteiger partial charge on any atom is 0.338 e. The highest BCUT2D eigenvalue weighted by Gasteiger charge is 2.35. The largest absolute Gasteiger partial charge is 0.494 e. The van der Waals surface area contributed by atoms with Crippen LogP contribution < -0.4 is 43.6 Å². The van der Waals surface area contributed by atoms with E-state index in [2.05, 4.69) is 48.5 Å². The fourth-order valence-electron chi connectivity index (χ4n) is 16.1. The number of nitrogens with zero attached hydrogens (tertiary/aromatic N) is 4. The second-order valence-electron chi connectivity index (χ2n) is 34.9. The molecule has 776 valence electrons. The summed E-state index contributed by atoms with van der Waals surface area (Å²) in [6.07, 6.45) is 21.8. The number of thiazole rings is 1. The van der Waals surface area contributed by atoms with Gasteiger partial charge in [-0.05, 0) is 275 Å². The van der Waals surface area contributed by atoms with Crippen molar-refractivity contribution in [3.05, 3.63) is 326 Å². The van der Waals surface area contributed by atoms with Gasteiger partial charge < -0.3 is 66.3 Å². The van der Waals surface area contributed by atoms with Crippen LogP contribution in [0.15, 0.2) is 297 Å². The van der Waals surface area contributed by atoms with Crippen molar-refractivity contribution in [1.82, 2.24) is 4.98 Å². The van der Waals surface area contributed by atoms with Crippen LogP contribution in [0.3, 0.4) is 0 Å². The minimum absolute atomic E-state index is 0.0319. The van der Waals surface area contributed by atoms with Crippen molar-refractivity contribution in [3.8, 4) is 51.5 Å². The molecule has 0 bridgehead atoms. The van der Waals surface area contributed by atoms with Crippen LogP contribution in [-0.4, -0.2) is 156 Å². The van der Waals surface area contributed by atoms with Crippen LogP contribution in [0.5, 0.6) is 40.2 Å². The van der Waals surface area contributed by atoms with Gasteiger partial charge in [0.25, 0.3) is 5.91 Å². The number of carbonyl (C=O) groups is 11. The van der Waals surface area contributed by atoms with Gasteiger partial charge in [-0.2, -0.15) is 15.2 Å². The highest BCUT2D eigenvalue weighted by molar-refractivity contribution is 7.14. The van der Waals surface area contributed by atoms with Gasteiger partial charge in [-0.3, -0.25) is 29.4 Å². The lowest BCUT2D eigenvalue weighted by Crippen LogP contribution is -2.30. The predicted octanol–water partition coefficient (Wildman–Crippen LogP) is 21.7. The van der Waals surface area contributed by atoms with Gasteiger partial charge in [0.1, 0.15) is 40.2 Å². The maximum atomic E-state index is 13.7. The van der Waals surface area contributed by atoms with Crippen LogP contribution in [0.1, 0.15) is 164 Å². The molecule has 1 amide bonds. The van der Waals surface area contributed by atoms with E-state index in [1.54, 1.807) is 116 Å². The van der Waals surface area contributed by atoms with Gasteiger partial charge in [0.15, 0.2) is 0 Å². The Labute approximate surface area is 870 Å². The quantitative estimate of drug-likeness (QED) is 0.00703. The molecule has 0 aliphatic heterocycles. The summed E-state index contributed by atoms with van der Waals surface area (Å²) in [5.41, 5.74) is 9.81. The third-order valence-corrected chi connectivity index (χ3v) is 25.2. The van der Waals surface area contributed by atoms with Gasteiger partial charge in [-0.1, -0.05) is 124 Å². The lowest BCUT2D eigenvalue weighted by molar-refractivity contribution is -0.152. The predicted molar refractivity (Wildman–Crippen MR) is 567 cm³/mol. The summed E-state index contributed by atoms with van der Waals surface area (Å²) in [6, 6.07) is 66.0. The van der Waals surface area contributed by atoms with Gasteiger partial charge in [0.05, 0.1) is 131 Å². The number of hydrazone groups is 2. The first-order valence-corrected chi connectivity index (χ1v) is 50.8. The summed E-state index contributed by atoms with van der Waals surface area (Å²) >= 11 is 1.26. The highest BCUT2D eigenvalue weighted by atomic mass is 32.1. The van der Waals surface area contributed by atoms with Crippen LogP contribution in [0.2, 0.25) is 0 Å². The standard InChI is InChI=1S/C65H74N2O14.C53H49N3O11S/c1-3-60(68)76-41-13-7-5-11-39-74-53-29-33-55(34-30-53)79-63(71)49-23-21-48(22-24-49)62(70)78-43-38-46-20-37-59(52(44-46)45-66-67-58-19-15-17-47-16-9-10-18-57(47)58)81-65(73)51-27-25-50(26-28-51)64(72)80-56-35-31-54(32-36-56)75-40-12-6-8-14-42-77-61(69)4-2;1-4-48(57)56(53-55-47(36-68-53)43-16-15-38-11-7-8-12-42(38)34-43)54-35-44-33-37(25-31-66-51(60)40-17-21-45(22-18-40)62-27-9-29-64-49(58)5-2)13-14-39(44)26-32-67-52(61)41-19-23-46(24-20-41)63-28-10-30-65-50(59)6-3/h3-4,9-10,15-20,29-37,44-45,48-51,67H,1-2,5-8,11-14,21-28,38-43H2;4-8,11-24,33-36H,1-3,9-10,25-32H2/b66-45+;54-35+. The Morgan fingerprint density at radius 1 is 0.356 bits per heavy atom. The molecule has 0 saturated heterocycles. The Morgan fingerprint density at radius 2 is 0.772 bits per heavy atom. The Bertz CT molecular complexity index is 6430. The molecule has 0 radical (unpaired) electrons. The normalized spacial score (nSPS) is 14.0. The van der Waals surface area contributed by atoms with E-state index < -0.39 is 53.6 Å². The van der Waals surface area contributed by atoms with Crippen LogP contribution in [-0.2, 0) is 95.6 Å². The molecule has 2 saturated carbocycles. The topological polar surface area (TPSA) is 370 Å². The van der Waals surface area contributed by atoms with E-state index >= 15 is 0 Å². The third kappa shape index (κ3) is 36.9. The summed E-state index contributed by atoms with van der Waals surface area (Å²) in [4.78, 5) is 142. The number of aromatic nitrogens is 1. The molecule has 0 spiro atoms. The minimum atomic E-state index is -0.527. The van der Waals surface area contributed by atoms with Crippen molar-refractivity contribution in [2.75, 3.05) is 83.1 Å². The van der Waals surface area contributed by atoms with E-state index in [-0.39, 0.29) is 68.7 Å². The second kappa shape index (κ2) is 60.5. The Hall–Kier alpha value is -16.4. The monoisotopic (exact) mass is 2040 g/mol. The fraction of sp³-hybridized carbons (Fsp3) is 0.305. The molecule has 10 aromatic carbocycles. The number of fused-ring (bicyclic) bond motifs is 2. The van der Waals surface area contributed by atoms with Crippen LogP contribution in [0.25, 0.3) is 32.8 Å². The number of benzene rings is 10. The zero-order valence-electron chi connectivity index (χ0n) is 83.3. The number of amides is 1. The number of rotatable bonds is 56. The zero-order chi connectivity index (χ0) is 105. The van der Waals surface area contributed by atoms with E-state index in [9.17, 15) is 52.7 Å². The summed E-state index contributed by atoms with van der Waals surface area (Å²) in [7, 11) is 0. The van der Waals surface area contributed by atoms with Crippen LogP contribution in [0, 0.1) is 23.7 Å². The molecule has 31 heteroatoms. The molecule has 2 aliphatic rings. The molecule has 30 nitrogen and oxygen atoms in total. The van der Waals surface area contributed by atoms with Gasteiger partial charge in [-0.15, -0.1) is 11.3 Å². The number of ether oxygens (including phenoxy) is 14. The number of carbonyl (C=O) groups excluding carboxylic acids is 11. The van der Waals surface area contributed by atoms with Gasteiger partial charge >= 0.3 is 59.7 Å². The van der Waals surface area contributed by atoms with Crippen molar-refractivity contribution in [1.29, 1.82) is 0 Å². The lowest BCUT2D eigenvalue weighted by atomic mass is 9.82. The first-order valence-electron chi connectivity index (χ1n) is 49.9. The third-order valence-electron chi connectivity index (χ3n) is 24.4. The molecular weight excluding hydrogens is 1920 g/mol. The number of unbranched alkanes of at least 4 members (excludes halogenated alkanes) is 6. The van der Waals surface area contributed by atoms with Gasteiger partial charge in [0, 0.05) is 78.3 Å². The molecule has 2 aliphatic carbocycles. The van der Waals surface area contributed by atoms with Crippen molar-refractivity contribution in [2.45, 2.75) is 135 Å².